The average molecular weight is 189 g/mol. The summed E-state index contributed by atoms with van der Waals surface area (Å²) in [7, 11) is 4.02. The Morgan fingerprint density at radius 2 is 2.21 bits per heavy atom. The van der Waals surface area contributed by atoms with E-state index in [4.69, 9.17) is 0 Å². The van der Waals surface area contributed by atoms with Crippen LogP contribution >= 0.6 is 0 Å². The number of hydrogen-bond donors (Lipinski definition) is 0. The molecule has 0 spiro atoms. The van der Waals surface area contributed by atoms with Crippen molar-refractivity contribution in [2.45, 2.75) is 6.92 Å². The molecule has 4 nitrogen and oxygen atoms in total. The van der Waals surface area contributed by atoms with Crippen molar-refractivity contribution in [3.05, 3.63) is 30.7 Å². The van der Waals surface area contributed by atoms with Crippen LogP contribution in [0.4, 0.5) is 0 Å². The summed E-state index contributed by atoms with van der Waals surface area (Å²) in [6.07, 6.45) is 7.49. The molecule has 0 unspecified atom stereocenters. The highest BCUT2D eigenvalue weighted by molar-refractivity contribution is 5.59. The first-order valence-corrected chi connectivity index (χ1v) is 4.47. The maximum atomic E-state index is 4.17. The van der Waals surface area contributed by atoms with E-state index < -0.39 is 0 Å². The molecule has 0 aromatic carbocycles. The van der Waals surface area contributed by atoms with Gasteiger partial charge in [-0.05, 0) is 6.92 Å². The van der Waals surface area contributed by atoms with Crippen molar-refractivity contribution in [3.63, 3.8) is 0 Å². The van der Waals surface area contributed by atoms with Crippen LogP contribution in [0.2, 0.25) is 0 Å². The topological polar surface area (TPSA) is 34.6 Å². The molecule has 72 valence electrons. The lowest BCUT2D eigenvalue weighted by molar-refractivity contribution is -0.670. The van der Waals surface area contributed by atoms with Crippen molar-refractivity contribution < 1.29 is 4.57 Å². The van der Waals surface area contributed by atoms with E-state index in [1.165, 1.54) is 0 Å². The van der Waals surface area contributed by atoms with E-state index in [9.17, 15) is 0 Å². The third kappa shape index (κ3) is 1.39. The van der Waals surface area contributed by atoms with Crippen LogP contribution in [0.25, 0.3) is 11.3 Å². The van der Waals surface area contributed by atoms with E-state index in [2.05, 4.69) is 20.7 Å². The molecule has 0 aliphatic rings. The van der Waals surface area contributed by atoms with Crippen LogP contribution in [0.3, 0.4) is 0 Å². The van der Waals surface area contributed by atoms with Gasteiger partial charge in [0.1, 0.15) is 12.5 Å². The molecule has 0 atom stereocenters. The molecule has 0 fully saturated rings. The van der Waals surface area contributed by atoms with Crippen molar-refractivity contribution in [1.29, 1.82) is 0 Å². The van der Waals surface area contributed by atoms with Gasteiger partial charge in [0.2, 0.25) is 6.33 Å². The van der Waals surface area contributed by atoms with Gasteiger partial charge in [-0.3, -0.25) is 0 Å². The second-order valence-electron chi connectivity index (χ2n) is 3.43. The second kappa shape index (κ2) is 3.21. The highest BCUT2D eigenvalue weighted by Gasteiger charge is 2.13. The molecule has 4 heteroatoms. The predicted molar refractivity (Wildman–Crippen MR) is 52.4 cm³/mol. The Balaban J connectivity index is 2.60. The highest BCUT2D eigenvalue weighted by Crippen LogP contribution is 2.18. The quantitative estimate of drug-likeness (QED) is 0.616. The number of rotatable bonds is 1. The maximum absolute atomic E-state index is 4.17. The van der Waals surface area contributed by atoms with Crippen molar-refractivity contribution in [3.8, 4) is 11.3 Å². The van der Waals surface area contributed by atoms with Gasteiger partial charge in [-0.15, -0.1) is 0 Å². The SMILES string of the molecule is Cc1ncncc1-c1c[n+](C)cn1C. The number of imidazole rings is 1. The summed E-state index contributed by atoms with van der Waals surface area (Å²) in [5.41, 5.74) is 3.21. The number of aryl methyl sites for hydroxylation is 3. The molecule has 0 radical (unpaired) electrons. The number of hydrogen-bond acceptors (Lipinski definition) is 2. The van der Waals surface area contributed by atoms with Crippen LogP contribution in [0.1, 0.15) is 5.69 Å². The van der Waals surface area contributed by atoms with Crippen molar-refractivity contribution >= 4 is 0 Å². The summed E-state index contributed by atoms with van der Waals surface area (Å²) >= 11 is 0. The standard InChI is InChI=1S/C10H13N4/c1-8-9(4-11-6-12-8)10-5-13(2)7-14(10)3/h4-7H,1-3H3/q+1. The largest absolute Gasteiger partial charge is 0.244 e. The van der Waals surface area contributed by atoms with Gasteiger partial charge in [0.25, 0.3) is 0 Å². The molecule has 0 bridgehead atoms. The Labute approximate surface area is 82.9 Å². The first-order chi connectivity index (χ1) is 6.68. The first kappa shape index (κ1) is 8.87. The summed E-state index contributed by atoms with van der Waals surface area (Å²) in [5.74, 6) is 0. The van der Waals surface area contributed by atoms with Crippen LogP contribution < -0.4 is 4.57 Å². The lowest BCUT2D eigenvalue weighted by Crippen LogP contribution is -2.23. The molecule has 14 heavy (non-hydrogen) atoms. The Morgan fingerprint density at radius 3 is 2.79 bits per heavy atom. The average Bonchev–Trinajstić information content (AvgIpc) is 2.46. The number of nitrogens with zero attached hydrogens (tertiary/aromatic N) is 4. The van der Waals surface area contributed by atoms with Gasteiger partial charge >= 0.3 is 0 Å². The van der Waals surface area contributed by atoms with Crippen LogP contribution in [-0.4, -0.2) is 14.5 Å². The van der Waals surface area contributed by atoms with Crippen molar-refractivity contribution in [2.24, 2.45) is 14.1 Å². The predicted octanol–water partition coefficient (Wildman–Crippen LogP) is 0.615. The monoisotopic (exact) mass is 189 g/mol. The Kier molecular flexibility index (Phi) is 2.04. The van der Waals surface area contributed by atoms with E-state index in [0.717, 1.165) is 17.0 Å². The van der Waals surface area contributed by atoms with Gasteiger partial charge < -0.3 is 0 Å². The van der Waals surface area contributed by atoms with Crippen molar-refractivity contribution in [2.75, 3.05) is 0 Å². The molecule has 0 amide bonds. The lowest BCUT2D eigenvalue weighted by Gasteiger charge is -1.98. The zero-order chi connectivity index (χ0) is 10.1. The van der Waals surface area contributed by atoms with E-state index in [-0.39, 0.29) is 0 Å². The minimum Gasteiger partial charge on any atom is -0.244 e. The fourth-order valence-electron chi connectivity index (χ4n) is 1.55. The van der Waals surface area contributed by atoms with Crippen molar-refractivity contribution in [1.82, 2.24) is 14.5 Å². The van der Waals surface area contributed by atoms with Gasteiger partial charge in [0.15, 0.2) is 5.69 Å². The van der Waals surface area contributed by atoms with Gasteiger partial charge in [-0.1, -0.05) is 0 Å². The summed E-state index contributed by atoms with van der Waals surface area (Å²) in [5, 5.41) is 0. The van der Waals surface area contributed by atoms with E-state index in [0.29, 0.717) is 0 Å². The van der Waals surface area contributed by atoms with Gasteiger partial charge in [-0.2, -0.15) is 0 Å². The van der Waals surface area contributed by atoms with E-state index in [1.807, 2.05) is 38.1 Å². The first-order valence-electron chi connectivity index (χ1n) is 4.47. The third-order valence-electron chi connectivity index (χ3n) is 2.25. The summed E-state index contributed by atoms with van der Waals surface area (Å²) in [6, 6.07) is 0. The molecule has 0 aliphatic carbocycles. The fraction of sp³-hybridized carbons (Fsp3) is 0.300. The minimum atomic E-state index is 1.00. The van der Waals surface area contributed by atoms with Crippen LogP contribution in [0.15, 0.2) is 25.0 Å². The molecule has 2 aromatic heterocycles. The number of aromatic nitrogens is 4. The zero-order valence-electron chi connectivity index (χ0n) is 8.60. The van der Waals surface area contributed by atoms with Gasteiger partial charge in [0, 0.05) is 6.20 Å². The molecule has 0 aliphatic heterocycles. The van der Waals surface area contributed by atoms with E-state index in [1.54, 1.807) is 6.33 Å². The van der Waals surface area contributed by atoms with Crippen LogP contribution in [0.5, 0.6) is 0 Å². The molecular weight excluding hydrogens is 176 g/mol. The summed E-state index contributed by atoms with van der Waals surface area (Å²) < 4.78 is 4.08. The maximum Gasteiger partial charge on any atom is 0.243 e. The van der Waals surface area contributed by atoms with E-state index >= 15 is 0 Å². The molecule has 2 aromatic rings. The smallest absolute Gasteiger partial charge is 0.243 e. The minimum absolute atomic E-state index is 1.00. The van der Waals surface area contributed by atoms with Crippen LogP contribution in [-0.2, 0) is 14.1 Å². The van der Waals surface area contributed by atoms with Crippen LogP contribution in [0, 0.1) is 6.92 Å². The molecule has 0 saturated heterocycles. The molecule has 0 saturated carbocycles. The fourth-order valence-corrected chi connectivity index (χ4v) is 1.55. The molecular formula is C10H13N4+. The Morgan fingerprint density at radius 1 is 1.43 bits per heavy atom. The lowest BCUT2D eigenvalue weighted by atomic mass is 10.2. The summed E-state index contributed by atoms with van der Waals surface area (Å²) in [6.45, 7) is 1.99. The zero-order valence-corrected chi connectivity index (χ0v) is 8.60. The Bertz CT molecular complexity index is 459. The molecule has 0 N–H and O–H groups in total. The third-order valence-corrected chi connectivity index (χ3v) is 2.25. The Hall–Kier alpha value is -1.71. The normalized spacial score (nSPS) is 10.5. The highest BCUT2D eigenvalue weighted by atomic mass is 15.1. The molecule has 2 heterocycles. The summed E-state index contributed by atoms with van der Waals surface area (Å²) in [4.78, 5) is 8.21. The van der Waals surface area contributed by atoms with Gasteiger partial charge in [-0.25, -0.2) is 19.1 Å². The molecule has 2 rings (SSSR count). The second-order valence-corrected chi connectivity index (χ2v) is 3.43. The van der Waals surface area contributed by atoms with Gasteiger partial charge in [0.05, 0.1) is 25.4 Å².